The molecule has 2 aliphatic heterocycles. The number of benzene rings is 2. The molecule has 0 saturated carbocycles. The molecule has 2 aliphatic rings. The number of fused-ring (bicyclic) bond motifs is 1. The lowest BCUT2D eigenvalue weighted by molar-refractivity contribution is -0.132. The summed E-state index contributed by atoms with van der Waals surface area (Å²) in [4.78, 5) is 38.7. The smallest absolute Gasteiger partial charge is 0.262 e. The molecule has 0 aliphatic carbocycles. The van der Waals surface area contributed by atoms with E-state index in [0.717, 1.165) is 0 Å². The first-order chi connectivity index (χ1) is 16.3. The Balaban J connectivity index is 1.41. The van der Waals surface area contributed by atoms with Crippen molar-refractivity contribution >= 4 is 23.3 Å². The van der Waals surface area contributed by atoms with Crippen molar-refractivity contribution in [2.24, 2.45) is 0 Å². The average molecular weight is 469 g/mol. The maximum absolute atomic E-state index is 12.8. The van der Waals surface area contributed by atoms with Gasteiger partial charge in [-0.15, -0.1) is 0 Å². The standard InChI is InChI=1S/C25H28N2O7/c1-16(28)27-10-8-25(9-11-27)14-21(29)19-6-4-18(13-23(19)34-25)33-15-24(30)26-20-12-17(31-2)5-7-22(20)32-3/h4-7,12-13H,8-11,14-15H2,1-3H3,(H,26,30). The number of anilines is 1. The fourth-order valence-corrected chi connectivity index (χ4v) is 4.32. The Morgan fingerprint density at radius 3 is 2.47 bits per heavy atom. The predicted molar refractivity (Wildman–Crippen MR) is 124 cm³/mol. The lowest BCUT2D eigenvalue weighted by atomic mass is 9.82. The van der Waals surface area contributed by atoms with Crippen LogP contribution in [-0.2, 0) is 9.59 Å². The second-order valence-electron chi connectivity index (χ2n) is 8.45. The van der Waals surface area contributed by atoms with Gasteiger partial charge in [0.25, 0.3) is 5.91 Å². The Hall–Kier alpha value is -3.75. The number of rotatable bonds is 6. The summed E-state index contributed by atoms with van der Waals surface area (Å²) in [6.45, 7) is 2.42. The number of nitrogens with one attached hydrogen (secondary N) is 1. The number of ether oxygens (including phenoxy) is 4. The highest BCUT2D eigenvalue weighted by molar-refractivity contribution is 6.00. The summed E-state index contributed by atoms with van der Waals surface area (Å²) in [7, 11) is 3.05. The van der Waals surface area contributed by atoms with Crippen LogP contribution in [0.1, 0.15) is 36.5 Å². The fourth-order valence-electron chi connectivity index (χ4n) is 4.32. The monoisotopic (exact) mass is 468 g/mol. The zero-order chi connectivity index (χ0) is 24.3. The molecule has 2 heterocycles. The highest BCUT2D eigenvalue weighted by Crippen LogP contribution is 2.40. The van der Waals surface area contributed by atoms with E-state index in [2.05, 4.69) is 5.32 Å². The van der Waals surface area contributed by atoms with Crippen molar-refractivity contribution in [3.63, 3.8) is 0 Å². The average Bonchev–Trinajstić information content (AvgIpc) is 2.82. The first-order valence-corrected chi connectivity index (χ1v) is 11.1. The van der Waals surface area contributed by atoms with Crippen molar-refractivity contribution < 1.29 is 33.3 Å². The highest BCUT2D eigenvalue weighted by atomic mass is 16.5. The van der Waals surface area contributed by atoms with Gasteiger partial charge in [0, 0.05) is 45.0 Å². The zero-order valence-corrected chi connectivity index (χ0v) is 19.5. The number of ketones is 1. The van der Waals surface area contributed by atoms with E-state index in [-0.39, 0.29) is 30.6 Å². The molecule has 2 amide bonds. The summed E-state index contributed by atoms with van der Waals surface area (Å²) >= 11 is 0. The van der Waals surface area contributed by atoms with Crippen molar-refractivity contribution in [3.05, 3.63) is 42.0 Å². The number of hydrogen-bond acceptors (Lipinski definition) is 7. The summed E-state index contributed by atoms with van der Waals surface area (Å²) in [5.41, 5.74) is 0.348. The van der Waals surface area contributed by atoms with Gasteiger partial charge in [0.05, 0.1) is 31.9 Å². The van der Waals surface area contributed by atoms with E-state index in [1.165, 1.54) is 14.2 Å². The van der Waals surface area contributed by atoms with E-state index >= 15 is 0 Å². The Morgan fingerprint density at radius 2 is 1.79 bits per heavy atom. The number of carbonyl (C=O) groups excluding carboxylic acids is 3. The van der Waals surface area contributed by atoms with Gasteiger partial charge in [0.15, 0.2) is 12.4 Å². The fraction of sp³-hybridized carbons (Fsp3) is 0.400. The van der Waals surface area contributed by atoms with E-state index < -0.39 is 5.60 Å². The van der Waals surface area contributed by atoms with Crippen molar-refractivity contribution in [3.8, 4) is 23.0 Å². The number of piperidine rings is 1. The van der Waals surface area contributed by atoms with Gasteiger partial charge in [-0.1, -0.05) is 0 Å². The molecule has 1 N–H and O–H groups in total. The van der Waals surface area contributed by atoms with Crippen molar-refractivity contribution in [1.82, 2.24) is 4.90 Å². The first-order valence-electron chi connectivity index (χ1n) is 11.1. The molecule has 1 spiro atoms. The molecule has 1 fully saturated rings. The largest absolute Gasteiger partial charge is 0.497 e. The summed E-state index contributed by atoms with van der Waals surface area (Å²) in [6, 6.07) is 10.0. The third kappa shape index (κ3) is 4.93. The summed E-state index contributed by atoms with van der Waals surface area (Å²) in [6.07, 6.45) is 1.47. The topological polar surface area (TPSA) is 103 Å². The van der Waals surface area contributed by atoms with E-state index in [9.17, 15) is 14.4 Å². The van der Waals surface area contributed by atoms with Gasteiger partial charge in [-0.2, -0.15) is 0 Å². The molecule has 9 nitrogen and oxygen atoms in total. The normalized spacial score (nSPS) is 16.3. The summed E-state index contributed by atoms with van der Waals surface area (Å²) < 4.78 is 22.4. The Labute approximate surface area is 197 Å². The number of nitrogens with zero attached hydrogens (tertiary/aromatic N) is 1. The maximum Gasteiger partial charge on any atom is 0.262 e. The van der Waals surface area contributed by atoms with Gasteiger partial charge in [-0.05, 0) is 24.3 Å². The van der Waals surface area contributed by atoms with Gasteiger partial charge in [-0.3, -0.25) is 14.4 Å². The quantitative estimate of drug-likeness (QED) is 0.695. The van der Waals surface area contributed by atoms with Crippen LogP contribution in [0, 0.1) is 0 Å². The van der Waals surface area contributed by atoms with Crippen molar-refractivity contribution in [2.45, 2.75) is 31.8 Å². The number of methoxy groups -OCH3 is 2. The molecule has 180 valence electrons. The van der Waals surface area contributed by atoms with Crippen LogP contribution in [0.15, 0.2) is 36.4 Å². The lowest BCUT2D eigenvalue weighted by Gasteiger charge is -2.43. The summed E-state index contributed by atoms with van der Waals surface area (Å²) in [5, 5.41) is 2.75. The van der Waals surface area contributed by atoms with Crippen LogP contribution in [-0.4, -0.2) is 62.0 Å². The van der Waals surface area contributed by atoms with Crippen molar-refractivity contribution in [1.29, 1.82) is 0 Å². The second-order valence-corrected chi connectivity index (χ2v) is 8.45. The molecule has 0 radical (unpaired) electrons. The highest BCUT2D eigenvalue weighted by Gasteiger charge is 2.43. The lowest BCUT2D eigenvalue weighted by Crippen LogP contribution is -2.51. The molecular weight excluding hydrogens is 440 g/mol. The molecule has 4 rings (SSSR count). The first kappa shape index (κ1) is 23.4. The van der Waals surface area contributed by atoms with Gasteiger partial charge in [-0.25, -0.2) is 0 Å². The Kier molecular flexibility index (Phi) is 6.63. The van der Waals surface area contributed by atoms with Crippen LogP contribution in [0.5, 0.6) is 23.0 Å². The van der Waals surface area contributed by atoms with E-state index in [1.807, 2.05) is 0 Å². The molecule has 0 aromatic heterocycles. The number of likely N-dealkylation sites (tertiary alicyclic amines) is 1. The number of Topliss-reactive ketones (excluding diaryl/α,β-unsaturated/α-hetero) is 1. The maximum atomic E-state index is 12.8. The molecule has 0 bridgehead atoms. The molecule has 2 aromatic rings. The van der Waals surface area contributed by atoms with Crippen LogP contribution >= 0.6 is 0 Å². The van der Waals surface area contributed by atoms with Gasteiger partial charge >= 0.3 is 0 Å². The van der Waals surface area contributed by atoms with Crippen LogP contribution in [0.2, 0.25) is 0 Å². The van der Waals surface area contributed by atoms with Gasteiger partial charge in [0.1, 0.15) is 28.6 Å². The Morgan fingerprint density at radius 1 is 1.06 bits per heavy atom. The molecule has 2 aromatic carbocycles. The number of amides is 2. The molecule has 34 heavy (non-hydrogen) atoms. The Bertz CT molecular complexity index is 1110. The third-order valence-electron chi connectivity index (χ3n) is 6.23. The molecule has 9 heteroatoms. The van der Waals surface area contributed by atoms with E-state index in [4.69, 9.17) is 18.9 Å². The van der Waals surface area contributed by atoms with Crippen molar-refractivity contribution in [2.75, 3.05) is 39.2 Å². The number of hydrogen-bond donors (Lipinski definition) is 1. The van der Waals surface area contributed by atoms with Crippen LogP contribution < -0.4 is 24.3 Å². The summed E-state index contributed by atoms with van der Waals surface area (Å²) in [5.74, 6) is 1.59. The molecule has 0 atom stereocenters. The predicted octanol–water partition coefficient (Wildman–Crippen LogP) is 3.07. The van der Waals surface area contributed by atoms with E-state index in [0.29, 0.717) is 60.2 Å². The molecule has 1 saturated heterocycles. The minimum Gasteiger partial charge on any atom is -0.497 e. The number of carbonyl (C=O) groups is 3. The SMILES string of the molecule is COc1ccc(OC)c(NC(=O)COc2ccc3c(c2)OC2(CCN(C(C)=O)CC2)CC3=O)c1. The third-order valence-corrected chi connectivity index (χ3v) is 6.23. The van der Waals surface area contributed by atoms with Crippen LogP contribution in [0.25, 0.3) is 0 Å². The minimum absolute atomic E-state index is 0.00642. The van der Waals surface area contributed by atoms with E-state index in [1.54, 1.807) is 48.2 Å². The van der Waals surface area contributed by atoms with Crippen LogP contribution in [0.3, 0.4) is 0 Å². The zero-order valence-electron chi connectivity index (χ0n) is 19.5. The van der Waals surface area contributed by atoms with Gasteiger partial charge < -0.3 is 29.2 Å². The molecular formula is C25H28N2O7. The molecule has 0 unspecified atom stereocenters. The van der Waals surface area contributed by atoms with Gasteiger partial charge in [0.2, 0.25) is 5.91 Å². The van der Waals surface area contributed by atoms with Crippen LogP contribution in [0.4, 0.5) is 5.69 Å². The minimum atomic E-state index is -0.616. The second kappa shape index (κ2) is 9.62.